The van der Waals surface area contributed by atoms with E-state index >= 15 is 0 Å². The van der Waals surface area contributed by atoms with Gasteiger partial charge in [0.1, 0.15) is 24.2 Å². The first-order valence-electron chi connectivity index (χ1n) is 9.12. The number of benzene rings is 2. The maximum atomic E-state index is 11.8. The molecule has 0 fully saturated rings. The Morgan fingerprint density at radius 2 is 1.72 bits per heavy atom. The Balaban J connectivity index is 2.42. The highest BCUT2D eigenvalue weighted by Gasteiger charge is 2.47. The molecule has 1 unspecified atom stereocenters. The standard InChI is InChI=1S/C22H30BO2/c1-17-12-13-20(18(2)16-17)22(24,14-9-15-23-5)21(3,4)25-19-10-7-6-8-11-19/h6-8,10-13,16,24H,9,14-15H2,1-5H3. The summed E-state index contributed by atoms with van der Waals surface area (Å²) in [5.41, 5.74) is 1.43. The van der Waals surface area contributed by atoms with Gasteiger partial charge in [0.15, 0.2) is 0 Å². The molecule has 0 spiro atoms. The summed E-state index contributed by atoms with van der Waals surface area (Å²) >= 11 is 0. The molecule has 3 heteroatoms. The summed E-state index contributed by atoms with van der Waals surface area (Å²) in [6.45, 7) is 10.2. The molecular weight excluding hydrogens is 307 g/mol. The summed E-state index contributed by atoms with van der Waals surface area (Å²) in [4.78, 5) is 0. The molecule has 1 radical (unpaired) electrons. The van der Waals surface area contributed by atoms with E-state index in [2.05, 4.69) is 46.1 Å². The van der Waals surface area contributed by atoms with Crippen molar-refractivity contribution in [2.75, 3.05) is 0 Å². The van der Waals surface area contributed by atoms with Crippen LogP contribution in [0.3, 0.4) is 0 Å². The van der Waals surface area contributed by atoms with Crippen LogP contribution in [-0.4, -0.2) is 18.0 Å². The van der Waals surface area contributed by atoms with Gasteiger partial charge in [-0.15, -0.1) is 0 Å². The van der Waals surface area contributed by atoms with Crippen molar-refractivity contribution in [3.8, 4) is 5.75 Å². The Kier molecular flexibility index (Phi) is 6.34. The van der Waals surface area contributed by atoms with Gasteiger partial charge < -0.3 is 9.84 Å². The van der Waals surface area contributed by atoms with Crippen LogP contribution < -0.4 is 4.74 Å². The minimum Gasteiger partial charge on any atom is -0.484 e. The lowest BCUT2D eigenvalue weighted by Crippen LogP contribution is -2.52. The second-order valence-corrected chi connectivity index (χ2v) is 7.40. The van der Waals surface area contributed by atoms with Crippen LogP contribution in [0.5, 0.6) is 5.75 Å². The van der Waals surface area contributed by atoms with Crippen LogP contribution in [0.15, 0.2) is 48.5 Å². The fourth-order valence-electron chi connectivity index (χ4n) is 3.47. The van der Waals surface area contributed by atoms with Crippen LogP contribution in [-0.2, 0) is 5.60 Å². The number of hydrogen-bond donors (Lipinski definition) is 1. The molecule has 2 aromatic carbocycles. The van der Waals surface area contributed by atoms with E-state index < -0.39 is 11.2 Å². The van der Waals surface area contributed by atoms with Gasteiger partial charge in [-0.3, -0.25) is 0 Å². The molecule has 0 aliphatic heterocycles. The molecule has 1 N–H and O–H groups in total. The lowest BCUT2D eigenvalue weighted by molar-refractivity contribution is -0.127. The highest BCUT2D eigenvalue weighted by atomic mass is 16.5. The maximum absolute atomic E-state index is 11.8. The first kappa shape index (κ1) is 19.6. The average Bonchev–Trinajstić information content (AvgIpc) is 2.55. The van der Waals surface area contributed by atoms with Gasteiger partial charge in [-0.05, 0) is 57.4 Å². The molecular formula is C22H30BO2. The molecule has 0 amide bonds. The van der Waals surface area contributed by atoms with E-state index in [1.807, 2.05) is 44.2 Å². The molecule has 0 aliphatic rings. The predicted molar refractivity (Wildman–Crippen MR) is 107 cm³/mol. The molecule has 2 rings (SSSR count). The SMILES string of the molecule is C[B]CCCC(O)(c1ccc(C)cc1C)C(C)(C)Oc1ccccc1. The highest BCUT2D eigenvalue weighted by molar-refractivity contribution is 6.33. The average molecular weight is 337 g/mol. The van der Waals surface area contributed by atoms with E-state index in [4.69, 9.17) is 4.74 Å². The maximum Gasteiger partial charge on any atom is 0.136 e. The Hall–Kier alpha value is -1.74. The second kappa shape index (κ2) is 8.10. The Bertz CT molecular complexity index is 682. The first-order valence-corrected chi connectivity index (χ1v) is 9.12. The first-order chi connectivity index (χ1) is 11.8. The molecule has 2 aromatic rings. The van der Waals surface area contributed by atoms with E-state index in [1.54, 1.807) is 0 Å². The Labute approximate surface area is 153 Å². The van der Waals surface area contributed by atoms with Crippen LogP contribution >= 0.6 is 0 Å². The van der Waals surface area contributed by atoms with Gasteiger partial charge in [-0.2, -0.15) is 0 Å². The zero-order valence-corrected chi connectivity index (χ0v) is 16.2. The Morgan fingerprint density at radius 3 is 2.32 bits per heavy atom. The van der Waals surface area contributed by atoms with E-state index in [1.165, 1.54) is 5.56 Å². The van der Waals surface area contributed by atoms with Crippen molar-refractivity contribution in [2.24, 2.45) is 0 Å². The second-order valence-electron chi connectivity index (χ2n) is 7.40. The molecule has 25 heavy (non-hydrogen) atoms. The monoisotopic (exact) mass is 337 g/mol. The summed E-state index contributed by atoms with van der Waals surface area (Å²) in [6, 6.07) is 16.0. The van der Waals surface area contributed by atoms with E-state index in [0.717, 1.165) is 29.6 Å². The van der Waals surface area contributed by atoms with Gasteiger partial charge >= 0.3 is 0 Å². The zero-order valence-electron chi connectivity index (χ0n) is 16.2. The van der Waals surface area contributed by atoms with E-state index in [-0.39, 0.29) is 0 Å². The van der Waals surface area contributed by atoms with Gasteiger partial charge in [0.05, 0.1) is 0 Å². The molecule has 0 saturated carbocycles. The van der Waals surface area contributed by atoms with Crippen molar-refractivity contribution in [1.82, 2.24) is 0 Å². The molecule has 0 bridgehead atoms. The van der Waals surface area contributed by atoms with Crippen LogP contribution in [0.4, 0.5) is 0 Å². The fourth-order valence-corrected chi connectivity index (χ4v) is 3.47. The molecule has 0 aliphatic carbocycles. The van der Waals surface area contributed by atoms with Crippen molar-refractivity contribution < 1.29 is 9.84 Å². The minimum absolute atomic E-state index is 0.654. The summed E-state index contributed by atoms with van der Waals surface area (Å²) in [5.74, 6) is 0.776. The van der Waals surface area contributed by atoms with Crippen LogP contribution in [0.2, 0.25) is 13.1 Å². The van der Waals surface area contributed by atoms with Gasteiger partial charge in [0.25, 0.3) is 0 Å². The third kappa shape index (κ3) is 4.46. The van der Waals surface area contributed by atoms with Gasteiger partial charge in [0, 0.05) is 0 Å². The van der Waals surface area contributed by atoms with E-state index in [9.17, 15) is 5.11 Å². The lowest BCUT2D eigenvalue weighted by atomic mass is 9.70. The molecule has 133 valence electrons. The van der Waals surface area contributed by atoms with Crippen molar-refractivity contribution >= 4 is 7.28 Å². The van der Waals surface area contributed by atoms with Crippen molar-refractivity contribution in [3.63, 3.8) is 0 Å². The topological polar surface area (TPSA) is 29.5 Å². The number of aryl methyl sites for hydroxylation is 2. The van der Waals surface area contributed by atoms with Crippen molar-refractivity contribution in [2.45, 2.75) is 64.9 Å². The third-order valence-electron chi connectivity index (χ3n) is 4.97. The molecule has 0 aromatic heterocycles. The lowest BCUT2D eigenvalue weighted by Gasteiger charge is -2.44. The number of hydrogen-bond acceptors (Lipinski definition) is 2. The van der Waals surface area contributed by atoms with Crippen LogP contribution in [0, 0.1) is 13.8 Å². The Morgan fingerprint density at radius 1 is 1.04 bits per heavy atom. The third-order valence-corrected chi connectivity index (χ3v) is 4.97. The van der Waals surface area contributed by atoms with Crippen molar-refractivity contribution in [3.05, 3.63) is 65.2 Å². The summed E-state index contributed by atoms with van der Waals surface area (Å²) in [6.07, 6.45) is 2.55. The number of ether oxygens (including phenoxy) is 1. The number of para-hydroxylation sites is 1. The smallest absolute Gasteiger partial charge is 0.136 e. The summed E-state index contributed by atoms with van der Waals surface area (Å²) in [7, 11) is 2.15. The van der Waals surface area contributed by atoms with Gasteiger partial charge in [-0.25, -0.2) is 0 Å². The van der Waals surface area contributed by atoms with Crippen LogP contribution in [0.1, 0.15) is 43.4 Å². The largest absolute Gasteiger partial charge is 0.484 e. The quantitative estimate of drug-likeness (QED) is 0.523. The predicted octanol–water partition coefficient (Wildman–Crippen LogP) is 5.30. The summed E-state index contributed by atoms with van der Waals surface area (Å²) in [5, 5.41) is 11.8. The minimum atomic E-state index is -1.07. The van der Waals surface area contributed by atoms with Gasteiger partial charge in [-0.1, -0.05) is 61.5 Å². The molecule has 2 nitrogen and oxygen atoms in total. The fraction of sp³-hybridized carbons (Fsp3) is 0.455. The summed E-state index contributed by atoms with van der Waals surface area (Å²) < 4.78 is 6.28. The normalized spacial score (nSPS) is 14.0. The van der Waals surface area contributed by atoms with Crippen LogP contribution in [0.25, 0.3) is 0 Å². The molecule has 0 saturated heterocycles. The molecule has 1 atom stereocenters. The van der Waals surface area contributed by atoms with Crippen molar-refractivity contribution in [1.29, 1.82) is 0 Å². The highest BCUT2D eigenvalue weighted by Crippen LogP contribution is 2.42. The number of rotatable bonds is 8. The molecule has 0 heterocycles. The van der Waals surface area contributed by atoms with Gasteiger partial charge in [0.2, 0.25) is 0 Å². The number of aliphatic hydroxyl groups is 1. The van der Waals surface area contributed by atoms with E-state index in [0.29, 0.717) is 6.42 Å². The zero-order chi connectivity index (χ0) is 18.5.